The van der Waals surface area contributed by atoms with Gasteiger partial charge in [-0.3, -0.25) is 4.90 Å². The zero-order chi connectivity index (χ0) is 12.2. The van der Waals surface area contributed by atoms with Gasteiger partial charge in [-0.15, -0.1) is 0 Å². The van der Waals surface area contributed by atoms with Gasteiger partial charge in [0.1, 0.15) is 0 Å². The summed E-state index contributed by atoms with van der Waals surface area (Å²) in [6.07, 6.45) is 0. The van der Waals surface area contributed by atoms with E-state index in [1.165, 1.54) is 4.31 Å². The predicted molar refractivity (Wildman–Crippen MR) is 60.8 cm³/mol. The Morgan fingerprint density at radius 2 is 1.94 bits per heavy atom. The topological polar surface area (TPSA) is 76.4 Å². The van der Waals surface area contributed by atoms with Crippen LogP contribution in [-0.2, 0) is 10.2 Å². The molecule has 7 heteroatoms. The fraction of sp³-hybridized carbons (Fsp3) is 0.889. The first-order valence-corrected chi connectivity index (χ1v) is 6.83. The molecule has 0 saturated carbocycles. The van der Waals surface area contributed by atoms with Crippen molar-refractivity contribution in [2.75, 3.05) is 32.7 Å². The van der Waals surface area contributed by atoms with Crippen molar-refractivity contribution in [2.45, 2.75) is 19.9 Å². The summed E-state index contributed by atoms with van der Waals surface area (Å²) < 4.78 is 27.2. The van der Waals surface area contributed by atoms with Gasteiger partial charge >= 0.3 is 0 Å². The minimum Gasteiger partial charge on any atom is -0.286 e. The average Bonchev–Trinajstić information content (AvgIpc) is 2.28. The summed E-state index contributed by atoms with van der Waals surface area (Å²) in [5.41, 5.74) is 0. The van der Waals surface area contributed by atoms with E-state index in [0.717, 1.165) is 0 Å². The minimum atomic E-state index is -3.32. The molecule has 1 atom stereocenters. The molecule has 1 aliphatic rings. The molecule has 1 heterocycles. The van der Waals surface area contributed by atoms with Gasteiger partial charge in [0.25, 0.3) is 10.2 Å². The Hall–Kier alpha value is -0.680. The highest BCUT2D eigenvalue weighted by Crippen LogP contribution is 2.08. The molecule has 0 amide bonds. The van der Waals surface area contributed by atoms with Crippen LogP contribution in [0, 0.1) is 11.3 Å². The number of piperazine rings is 1. The first-order chi connectivity index (χ1) is 7.51. The lowest BCUT2D eigenvalue weighted by Crippen LogP contribution is -2.53. The van der Waals surface area contributed by atoms with E-state index in [4.69, 9.17) is 5.26 Å². The lowest BCUT2D eigenvalue weighted by molar-refractivity contribution is 0.169. The molecule has 1 saturated heterocycles. The fourth-order valence-electron chi connectivity index (χ4n) is 1.69. The standard InChI is InChI=1S/C9H18N4O2S/c1-3-11-16(14,15)13-6-4-12(5-7-13)9(2)8-10/h9,11H,3-7H2,1-2H3. The van der Waals surface area contributed by atoms with Crippen molar-refractivity contribution < 1.29 is 8.42 Å². The van der Waals surface area contributed by atoms with E-state index < -0.39 is 10.2 Å². The number of nitrogens with one attached hydrogen (secondary N) is 1. The molecule has 0 bridgehead atoms. The van der Waals surface area contributed by atoms with Gasteiger partial charge in [-0.2, -0.15) is 18.0 Å². The maximum Gasteiger partial charge on any atom is 0.279 e. The van der Waals surface area contributed by atoms with Gasteiger partial charge in [0.2, 0.25) is 0 Å². The van der Waals surface area contributed by atoms with Crippen LogP contribution in [0.5, 0.6) is 0 Å². The minimum absolute atomic E-state index is 0.149. The summed E-state index contributed by atoms with van der Waals surface area (Å²) >= 11 is 0. The van der Waals surface area contributed by atoms with Crippen LogP contribution in [0.4, 0.5) is 0 Å². The van der Waals surface area contributed by atoms with Crippen LogP contribution < -0.4 is 4.72 Å². The van der Waals surface area contributed by atoms with Crippen molar-refractivity contribution in [3.8, 4) is 6.07 Å². The van der Waals surface area contributed by atoms with Crippen LogP contribution in [-0.4, -0.2) is 56.4 Å². The molecular weight excluding hydrogens is 228 g/mol. The third kappa shape index (κ3) is 3.15. The quantitative estimate of drug-likeness (QED) is 0.716. The second-order valence-corrected chi connectivity index (χ2v) is 5.50. The monoisotopic (exact) mass is 246 g/mol. The van der Waals surface area contributed by atoms with Crippen molar-refractivity contribution in [3.05, 3.63) is 0 Å². The molecule has 6 nitrogen and oxygen atoms in total. The molecule has 16 heavy (non-hydrogen) atoms. The molecular formula is C9H18N4O2S. The number of hydrogen-bond acceptors (Lipinski definition) is 4. The Bertz CT molecular complexity index is 354. The molecule has 1 aliphatic heterocycles. The van der Waals surface area contributed by atoms with Gasteiger partial charge in [-0.05, 0) is 6.92 Å². The van der Waals surface area contributed by atoms with Gasteiger partial charge < -0.3 is 0 Å². The average molecular weight is 246 g/mol. The number of hydrogen-bond donors (Lipinski definition) is 1. The van der Waals surface area contributed by atoms with E-state index in [2.05, 4.69) is 10.8 Å². The molecule has 92 valence electrons. The zero-order valence-corrected chi connectivity index (χ0v) is 10.5. The van der Waals surface area contributed by atoms with E-state index in [1.807, 2.05) is 11.8 Å². The highest BCUT2D eigenvalue weighted by Gasteiger charge is 2.27. The third-order valence-corrected chi connectivity index (χ3v) is 4.37. The smallest absolute Gasteiger partial charge is 0.279 e. The molecule has 1 rings (SSSR count). The van der Waals surface area contributed by atoms with E-state index in [1.54, 1.807) is 6.92 Å². The summed E-state index contributed by atoms with van der Waals surface area (Å²) in [4.78, 5) is 1.98. The number of nitrogens with zero attached hydrogens (tertiary/aromatic N) is 3. The second kappa shape index (κ2) is 5.59. The van der Waals surface area contributed by atoms with Gasteiger partial charge in [-0.1, -0.05) is 6.92 Å². The van der Waals surface area contributed by atoms with Crippen molar-refractivity contribution >= 4 is 10.2 Å². The molecule has 1 fully saturated rings. The summed E-state index contributed by atoms with van der Waals surface area (Å²) in [6.45, 7) is 6.10. The maximum atomic E-state index is 11.7. The van der Waals surface area contributed by atoms with Crippen LogP contribution in [0.2, 0.25) is 0 Å². The van der Waals surface area contributed by atoms with Crippen LogP contribution in [0.1, 0.15) is 13.8 Å². The molecule has 0 spiro atoms. The first kappa shape index (κ1) is 13.4. The Labute approximate surface area is 97.0 Å². The summed E-state index contributed by atoms with van der Waals surface area (Å²) in [5, 5.41) is 8.76. The summed E-state index contributed by atoms with van der Waals surface area (Å²) in [6, 6.07) is 2.01. The number of rotatable bonds is 4. The van der Waals surface area contributed by atoms with Crippen LogP contribution in [0.25, 0.3) is 0 Å². The highest BCUT2D eigenvalue weighted by molar-refractivity contribution is 7.87. The van der Waals surface area contributed by atoms with Gasteiger partial charge in [0, 0.05) is 32.7 Å². The Balaban J connectivity index is 2.53. The number of nitriles is 1. The second-order valence-electron chi connectivity index (χ2n) is 3.74. The summed E-state index contributed by atoms with van der Waals surface area (Å²) in [5.74, 6) is 0. The SMILES string of the molecule is CCNS(=O)(=O)N1CCN(C(C)C#N)CC1. The molecule has 0 radical (unpaired) electrons. The van der Waals surface area contributed by atoms with Crippen LogP contribution in [0.3, 0.4) is 0 Å². The third-order valence-electron chi connectivity index (χ3n) is 2.67. The Kier molecular flexibility index (Phi) is 4.68. The van der Waals surface area contributed by atoms with Gasteiger partial charge in [0.15, 0.2) is 0 Å². The molecule has 1 unspecified atom stereocenters. The lowest BCUT2D eigenvalue weighted by atomic mass is 10.2. The van der Waals surface area contributed by atoms with Gasteiger partial charge in [0.05, 0.1) is 12.1 Å². The van der Waals surface area contributed by atoms with Gasteiger partial charge in [-0.25, -0.2) is 4.72 Å². The summed E-state index contributed by atoms with van der Waals surface area (Å²) in [7, 11) is -3.32. The largest absolute Gasteiger partial charge is 0.286 e. The molecule has 0 aromatic heterocycles. The molecule has 0 aliphatic carbocycles. The van der Waals surface area contributed by atoms with Crippen LogP contribution >= 0.6 is 0 Å². The van der Waals surface area contributed by atoms with E-state index in [-0.39, 0.29) is 6.04 Å². The molecule has 0 aromatic carbocycles. The van der Waals surface area contributed by atoms with Crippen molar-refractivity contribution in [2.24, 2.45) is 0 Å². The van der Waals surface area contributed by atoms with E-state index >= 15 is 0 Å². The fourth-order valence-corrected chi connectivity index (χ4v) is 2.88. The van der Waals surface area contributed by atoms with E-state index in [9.17, 15) is 8.42 Å². The maximum absolute atomic E-state index is 11.7. The Morgan fingerprint density at radius 3 is 2.38 bits per heavy atom. The predicted octanol–water partition coefficient (Wildman–Crippen LogP) is -0.630. The lowest BCUT2D eigenvalue weighted by Gasteiger charge is -2.34. The first-order valence-electron chi connectivity index (χ1n) is 5.39. The van der Waals surface area contributed by atoms with Crippen molar-refractivity contribution in [3.63, 3.8) is 0 Å². The van der Waals surface area contributed by atoms with Crippen molar-refractivity contribution in [1.82, 2.24) is 13.9 Å². The van der Waals surface area contributed by atoms with Crippen LogP contribution in [0.15, 0.2) is 0 Å². The highest BCUT2D eigenvalue weighted by atomic mass is 32.2. The Morgan fingerprint density at radius 1 is 1.38 bits per heavy atom. The van der Waals surface area contributed by atoms with E-state index in [0.29, 0.717) is 32.7 Å². The normalized spacial score (nSPS) is 21.6. The van der Waals surface area contributed by atoms with Crippen molar-refractivity contribution in [1.29, 1.82) is 5.26 Å². The molecule has 0 aromatic rings. The zero-order valence-electron chi connectivity index (χ0n) is 9.68. The molecule has 1 N–H and O–H groups in total.